The number of nitrogens with two attached hydrogens (primary N) is 1. The molecular formula is C21H25N5O4. The second-order valence-corrected chi connectivity index (χ2v) is 7.46. The van der Waals surface area contributed by atoms with E-state index in [1.54, 1.807) is 0 Å². The zero-order valence-corrected chi connectivity index (χ0v) is 16.7. The number of benzene rings is 1. The minimum atomic E-state index is -0.763. The molecule has 0 unspecified atom stereocenters. The van der Waals surface area contributed by atoms with E-state index in [0.717, 1.165) is 15.8 Å². The topological polar surface area (TPSA) is 140 Å². The van der Waals surface area contributed by atoms with Crippen molar-refractivity contribution in [1.82, 2.24) is 15.1 Å². The van der Waals surface area contributed by atoms with Gasteiger partial charge in [-0.15, -0.1) is 0 Å². The highest BCUT2D eigenvalue weighted by Crippen LogP contribution is 2.24. The van der Waals surface area contributed by atoms with E-state index in [2.05, 4.69) is 15.5 Å². The van der Waals surface area contributed by atoms with Gasteiger partial charge in [-0.1, -0.05) is 24.3 Å². The van der Waals surface area contributed by atoms with Gasteiger partial charge in [0.2, 0.25) is 0 Å². The van der Waals surface area contributed by atoms with Gasteiger partial charge in [0.1, 0.15) is 0 Å². The molecule has 0 spiro atoms. The minimum absolute atomic E-state index is 0.0208. The molecule has 1 aromatic heterocycles. The van der Waals surface area contributed by atoms with Crippen LogP contribution in [0.25, 0.3) is 11.3 Å². The maximum Gasteiger partial charge on any atom is 0.306 e. The number of carboxylic acids is 1. The zero-order chi connectivity index (χ0) is 21.7. The molecule has 0 saturated heterocycles. The Labute approximate surface area is 173 Å². The van der Waals surface area contributed by atoms with Gasteiger partial charge < -0.3 is 16.3 Å². The van der Waals surface area contributed by atoms with Crippen LogP contribution in [0.15, 0.2) is 40.2 Å². The molecule has 1 heterocycles. The van der Waals surface area contributed by atoms with Gasteiger partial charge >= 0.3 is 5.97 Å². The van der Waals surface area contributed by atoms with Crippen molar-refractivity contribution in [3.05, 3.63) is 51.8 Å². The number of aryl methyl sites for hydroxylation is 1. The highest BCUT2D eigenvalue weighted by Gasteiger charge is 2.26. The molecular weight excluding hydrogens is 386 g/mol. The van der Waals surface area contributed by atoms with Gasteiger partial charge in [-0.25, -0.2) is 4.68 Å². The zero-order valence-electron chi connectivity index (χ0n) is 16.7. The minimum Gasteiger partial charge on any atom is -0.481 e. The standard InChI is InChI=1S/C21H25N5O4/c1-26-20(28)17(10-18(25-26)14-4-2-13(3-5-14)11-24-22)19(27)12-23-16-8-6-15(7-9-16)21(29)30/h2-5,10-11,15-16,23H,6-9,12,22H2,1H3,(H,29,30). The van der Waals surface area contributed by atoms with Gasteiger partial charge in [-0.2, -0.15) is 10.2 Å². The van der Waals surface area contributed by atoms with Crippen LogP contribution in [0.4, 0.5) is 0 Å². The van der Waals surface area contributed by atoms with E-state index in [0.29, 0.717) is 31.4 Å². The molecule has 0 aliphatic heterocycles. The molecule has 9 nitrogen and oxygen atoms in total. The quantitative estimate of drug-likeness (QED) is 0.269. The summed E-state index contributed by atoms with van der Waals surface area (Å²) in [7, 11) is 1.51. The molecule has 1 saturated carbocycles. The second-order valence-electron chi connectivity index (χ2n) is 7.46. The Hall–Kier alpha value is -3.33. The number of hydrogen-bond acceptors (Lipinski definition) is 7. The second kappa shape index (κ2) is 9.45. The lowest BCUT2D eigenvalue weighted by Gasteiger charge is -2.26. The Bertz CT molecular complexity index is 1010. The molecule has 158 valence electrons. The van der Waals surface area contributed by atoms with Crippen molar-refractivity contribution in [3.63, 3.8) is 0 Å². The molecule has 0 atom stereocenters. The number of carboxylic acid groups (broad SMARTS) is 1. The summed E-state index contributed by atoms with van der Waals surface area (Å²) in [5, 5.41) is 20.0. The molecule has 0 radical (unpaired) electrons. The number of ketones is 1. The number of hydrazone groups is 1. The average Bonchev–Trinajstić information content (AvgIpc) is 2.75. The molecule has 1 aliphatic rings. The van der Waals surface area contributed by atoms with E-state index in [1.165, 1.54) is 19.3 Å². The fourth-order valence-corrected chi connectivity index (χ4v) is 3.65. The Balaban J connectivity index is 1.71. The maximum atomic E-state index is 12.7. The summed E-state index contributed by atoms with van der Waals surface area (Å²) in [6, 6.07) is 8.85. The third-order valence-corrected chi connectivity index (χ3v) is 5.42. The molecule has 2 aromatic rings. The number of nitrogens with zero attached hydrogens (tertiary/aromatic N) is 3. The van der Waals surface area contributed by atoms with Gasteiger partial charge in [-0.3, -0.25) is 14.4 Å². The number of aromatic nitrogens is 2. The van der Waals surface area contributed by atoms with E-state index in [-0.39, 0.29) is 29.9 Å². The molecule has 0 bridgehead atoms. The van der Waals surface area contributed by atoms with Gasteiger partial charge in [-0.05, 0) is 37.3 Å². The molecule has 1 fully saturated rings. The van der Waals surface area contributed by atoms with E-state index >= 15 is 0 Å². The first-order chi connectivity index (χ1) is 14.4. The SMILES string of the molecule is Cn1nc(-c2ccc(C=NN)cc2)cc(C(=O)CNC2CCC(C(=O)O)CC2)c1=O. The van der Waals surface area contributed by atoms with Crippen LogP contribution in [0.3, 0.4) is 0 Å². The number of aliphatic carboxylic acids is 1. The first kappa shape index (κ1) is 21.4. The maximum absolute atomic E-state index is 12.7. The Morgan fingerprint density at radius 2 is 1.93 bits per heavy atom. The molecule has 9 heteroatoms. The number of carbonyl (C=O) groups is 2. The summed E-state index contributed by atoms with van der Waals surface area (Å²) in [5.74, 6) is 3.77. The van der Waals surface area contributed by atoms with Crippen molar-refractivity contribution < 1.29 is 14.7 Å². The smallest absolute Gasteiger partial charge is 0.306 e. The third-order valence-electron chi connectivity index (χ3n) is 5.42. The Morgan fingerprint density at radius 3 is 2.53 bits per heavy atom. The van der Waals surface area contributed by atoms with Crippen molar-refractivity contribution in [2.45, 2.75) is 31.7 Å². The highest BCUT2D eigenvalue weighted by molar-refractivity contribution is 5.98. The van der Waals surface area contributed by atoms with Crippen molar-refractivity contribution in [2.75, 3.05) is 6.54 Å². The lowest BCUT2D eigenvalue weighted by Crippen LogP contribution is -2.39. The van der Waals surface area contributed by atoms with E-state index in [9.17, 15) is 14.4 Å². The fraction of sp³-hybridized carbons (Fsp3) is 0.381. The summed E-state index contributed by atoms with van der Waals surface area (Å²) < 4.78 is 1.16. The number of rotatable bonds is 7. The summed E-state index contributed by atoms with van der Waals surface area (Å²) in [6.45, 7) is 0.0208. The van der Waals surface area contributed by atoms with E-state index in [4.69, 9.17) is 10.9 Å². The fourth-order valence-electron chi connectivity index (χ4n) is 3.65. The largest absolute Gasteiger partial charge is 0.481 e. The molecule has 30 heavy (non-hydrogen) atoms. The normalized spacial score (nSPS) is 19.1. The van der Waals surface area contributed by atoms with Crippen molar-refractivity contribution in [1.29, 1.82) is 0 Å². The molecule has 0 amide bonds. The van der Waals surface area contributed by atoms with Crippen LogP contribution in [0.1, 0.15) is 41.6 Å². The first-order valence-corrected chi connectivity index (χ1v) is 9.80. The predicted molar refractivity (Wildman–Crippen MR) is 112 cm³/mol. The Morgan fingerprint density at radius 1 is 1.27 bits per heavy atom. The Kier molecular flexibility index (Phi) is 6.73. The van der Waals surface area contributed by atoms with Crippen LogP contribution >= 0.6 is 0 Å². The summed E-state index contributed by atoms with van der Waals surface area (Å²) in [6.07, 6.45) is 4.09. The summed E-state index contributed by atoms with van der Waals surface area (Å²) >= 11 is 0. The molecule has 1 aromatic carbocycles. The highest BCUT2D eigenvalue weighted by atomic mass is 16.4. The monoisotopic (exact) mass is 411 g/mol. The van der Waals surface area contributed by atoms with Gasteiger partial charge in [0, 0.05) is 18.7 Å². The number of carbonyl (C=O) groups excluding carboxylic acids is 1. The van der Waals surface area contributed by atoms with E-state index in [1.807, 2.05) is 24.3 Å². The molecule has 1 aliphatic carbocycles. The lowest BCUT2D eigenvalue weighted by atomic mass is 9.86. The summed E-state index contributed by atoms with van der Waals surface area (Å²) in [4.78, 5) is 36.2. The van der Waals surface area contributed by atoms with Crippen LogP contribution in [0.2, 0.25) is 0 Å². The molecule has 3 rings (SSSR count). The first-order valence-electron chi connectivity index (χ1n) is 9.80. The van der Waals surface area contributed by atoms with Crippen molar-refractivity contribution in [2.24, 2.45) is 23.9 Å². The summed E-state index contributed by atoms with van der Waals surface area (Å²) in [5.41, 5.74) is 1.71. The van der Waals surface area contributed by atoms with Crippen LogP contribution < -0.4 is 16.7 Å². The average molecular weight is 411 g/mol. The molecule has 4 N–H and O–H groups in total. The number of Topliss-reactive ketones (excluding diaryl/α,β-unsaturated/α-hetero) is 1. The van der Waals surface area contributed by atoms with Gasteiger partial charge in [0.15, 0.2) is 5.78 Å². The van der Waals surface area contributed by atoms with Gasteiger partial charge in [0.05, 0.1) is 29.9 Å². The number of nitrogens with one attached hydrogen (secondary N) is 1. The van der Waals surface area contributed by atoms with Crippen LogP contribution in [0, 0.1) is 5.92 Å². The lowest BCUT2D eigenvalue weighted by molar-refractivity contribution is -0.142. The van der Waals surface area contributed by atoms with Crippen LogP contribution in [-0.4, -0.2) is 45.4 Å². The van der Waals surface area contributed by atoms with Gasteiger partial charge in [0.25, 0.3) is 5.56 Å². The van der Waals surface area contributed by atoms with Crippen LogP contribution in [-0.2, 0) is 11.8 Å². The number of hydrogen-bond donors (Lipinski definition) is 3. The third kappa shape index (κ3) is 4.98. The van der Waals surface area contributed by atoms with Crippen LogP contribution in [0.5, 0.6) is 0 Å². The van der Waals surface area contributed by atoms with E-state index < -0.39 is 11.5 Å². The predicted octanol–water partition coefficient (Wildman–Crippen LogP) is 1.16. The van der Waals surface area contributed by atoms with Crippen molar-refractivity contribution >= 4 is 18.0 Å². The van der Waals surface area contributed by atoms with Crippen molar-refractivity contribution in [3.8, 4) is 11.3 Å².